The maximum absolute atomic E-state index is 12.9. The maximum Gasteiger partial charge on any atom is 0.416 e. The summed E-state index contributed by atoms with van der Waals surface area (Å²) < 4.78 is 88.4. The Kier molecular flexibility index (Phi) is 7.87. The Morgan fingerprint density at radius 3 is 1.94 bits per heavy atom. The van der Waals surface area contributed by atoms with E-state index in [1.54, 1.807) is 5.06 Å². The van der Waals surface area contributed by atoms with E-state index >= 15 is 0 Å². The number of rotatable bonds is 7. The number of ether oxygens (including phenoxy) is 1. The molecule has 0 aliphatic carbocycles. The van der Waals surface area contributed by atoms with Crippen molar-refractivity contribution in [3.05, 3.63) is 64.7 Å². The Labute approximate surface area is 179 Å². The highest BCUT2D eigenvalue weighted by Crippen LogP contribution is 2.36. The summed E-state index contributed by atoms with van der Waals surface area (Å²) in [5.41, 5.74) is -1.89. The van der Waals surface area contributed by atoms with Gasteiger partial charge in [0.25, 0.3) is 0 Å². The van der Waals surface area contributed by atoms with Gasteiger partial charge in [0.1, 0.15) is 0 Å². The van der Waals surface area contributed by atoms with Crippen molar-refractivity contribution in [2.24, 2.45) is 0 Å². The van der Waals surface area contributed by atoms with Gasteiger partial charge >= 0.3 is 12.4 Å². The zero-order chi connectivity index (χ0) is 22.5. The molecule has 0 radical (unpaired) electrons. The molecule has 0 unspecified atom stereocenters. The summed E-state index contributed by atoms with van der Waals surface area (Å²) >= 11 is 1.20. The predicted molar refractivity (Wildman–Crippen MR) is 103 cm³/mol. The minimum absolute atomic E-state index is 0.0896. The van der Waals surface area contributed by atoms with E-state index in [4.69, 9.17) is 9.02 Å². The van der Waals surface area contributed by atoms with Crippen LogP contribution < -0.4 is 5.32 Å². The summed E-state index contributed by atoms with van der Waals surface area (Å²) in [6, 6.07) is 8.85. The zero-order valence-electron chi connectivity index (χ0n) is 16.2. The van der Waals surface area contributed by atoms with E-state index in [9.17, 15) is 26.3 Å². The smallest absolute Gasteiger partial charge is 0.379 e. The number of hydrogen-bond donors (Lipinski definition) is 1. The van der Waals surface area contributed by atoms with Gasteiger partial charge in [0.05, 0.1) is 36.4 Å². The van der Waals surface area contributed by atoms with Crippen LogP contribution in [0.15, 0.2) is 47.4 Å². The molecule has 1 aliphatic rings. The minimum Gasteiger partial charge on any atom is -0.379 e. The van der Waals surface area contributed by atoms with Crippen LogP contribution in [0.3, 0.4) is 0 Å². The average Bonchev–Trinajstić information content (AvgIpc) is 2.72. The molecule has 11 heteroatoms. The molecule has 0 atom stereocenters. The third-order valence-corrected chi connectivity index (χ3v) is 5.19. The van der Waals surface area contributed by atoms with Gasteiger partial charge in [-0.1, -0.05) is 12.1 Å². The molecule has 3 rings (SSSR count). The molecule has 2 aromatic carbocycles. The van der Waals surface area contributed by atoms with Gasteiger partial charge in [-0.25, -0.2) is 4.28 Å². The lowest BCUT2D eigenvalue weighted by Gasteiger charge is -2.24. The van der Waals surface area contributed by atoms with E-state index < -0.39 is 23.5 Å². The Morgan fingerprint density at radius 1 is 0.839 bits per heavy atom. The maximum atomic E-state index is 12.9. The van der Waals surface area contributed by atoms with Crippen LogP contribution in [0.1, 0.15) is 22.3 Å². The molecular formula is C20H20F6N2O2S. The van der Waals surface area contributed by atoms with Crippen molar-refractivity contribution in [2.45, 2.75) is 30.3 Å². The van der Waals surface area contributed by atoms with Crippen LogP contribution in [0, 0.1) is 0 Å². The van der Waals surface area contributed by atoms with Crippen LogP contribution >= 0.6 is 12.0 Å². The van der Waals surface area contributed by atoms with Crippen LogP contribution in [-0.2, 0) is 34.5 Å². The molecule has 2 aromatic rings. The van der Waals surface area contributed by atoms with Crippen molar-refractivity contribution >= 4 is 12.0 Å². The fourth-order valence-electron chi connectivity index (χ4n) is 2.85. The summed E-state index contributed by atoms with van der Waals surface area (Å²) in [7, 11) is 0. The molecule has 1 saturated heterocycles. The SMILES string of the molecule is FC(F)(F)c1cc(CNCc2ccc(SON3CCOCC3)cc2)cc(C(F)(F)F)c1. The topological polar surface area (TPSA) is 33.7 Å². The number of halogens is 6. The molecule has 31 heavy (non-hydrogen) atoms. The van der Waals surface area contributed by atoms with Gasteiger partial charge in [-0.3, -0.25) is 0 Å². The van der Waals surface area contributed by atoms with Crippen molar-refractivity contribution in [3.63, 3.8) is 0 Å². The van der Waals surface area contributed by atoms with Crippen LogP contribution in [-0.4, -0.2) is 31.4 Å². The van der Waals surface area contributed by atoms with Crippen LogP contribution in [0.4, 0.5) is 26.3 Å². The molecule has 1 fully saturated rings. The first kappa shape index (κ1) is 23.9. The Bertz CT molecular complexity index is 820. The zero-order valence-corrected chi connectivity index (χ0v) is 17.0. The molecule has 0 amide bonds. The molecule has 0 saturated carbocycles. The Balaban J connectivity index is 1.54. The predicted octanol–water partition coefficient (Wildman–Crippen LogP) is 5.28. The van der Waals surface area contributed by atoms with Gasteiger partial charge in [-0.15, -0.1) is 0 Å². The van der Waals surface area contributed by atoms with E-state index in [0.29, 0.717) is 26.3 Å². The molecule has 0 spiro atoms. The third kappa shape index (κ3) is 7.39. The van der Waals surface area contributed by atoms with E-state index in [1.807, 2.05) is 24.3 Å². The number of nitrogens with zero attached hydrogens (tertiary/aromatic N) is 1. The minimum atomic E-state index is -4.85. The highest BCUT2D eigenvalue weighted by molar-refractivity contribution is 7.94. The number of alkyl halides is 6. The summed E-state index contributed by atoms with van der Waals surface area (Å²) in [6.07, 6.45) is -9.71. The van der Waals surface area contributed by atoms with Gasteiger partial charge in [0.2, 0.25) is 0 Å². The van der Waals surface area contributed by atoms with E-state index in [-0.39, 0.29) is 24.7 Å². The number of hydroxylamine groups is 2. The van der Waals surface area contributed by atoms with Crippen molar-refractivity contribution in [2.75, 3.05) is 26.3 Å². The number of nitrogens with one attached hydrogen (secondary N) is 1. The standard InChI is InChI=1S/C20H20F6N2O2S/c21-19(22,23)16-9-15(10-17(11-16)20(24,25)26)13-27-12-14-1-3-18(4-2-14)31-30-28-5-7-29-8-6-28/h1-4,9-11,27H,5-8,12-13H2. The largest absolute Gasteiger partial charge is 0.416 e. The molecule has 0 aromatic heterocycles. The van der Waals surface area contributed by atoms with Crippen LogP contribution in [0.2, 0.25) is 0 Å². The average molecular weight is 466 g/mol. The lowest BCUT2D eigenvalue weighted by molar-refractivity contribution is -0.143. The second-order valence-electron chi connectivity index (χ2n) is 6.86. The van der Waals surface area contributed by atoms with Gasteiger partial charge in [0, 0.05) is 31.1 Å². The first-order valence-corrected chi connectivity index (χ1v) is 10.1. The molecule has 170 valence electrons. The summed E-state index contributed by atoms with van der Waals surface area (Å²) in [6.45, 7) is 2.74. The van der Waals surface area contributed by atoms with Crippen molar-refractivity contribution in [3.8, 4) is 0 Å². The Hall–Kier alpha value is -1.79. The van der Waals surface area contributed by atoms with Gasteiger partial charge < -0.3 is 10.1 Å². The number of morpholine rings is 1. The fourth-order valence-corrected chi connectivity index (χ4v) is 3.44. The van der Waals surface area contributed by atoms with Gasteiger partial charge in [0.15, 0.2) is 0 Å². The first-order valence-electron chi connectivity index (χ1n) is 9.36. The van der Waals surface area contributed by atoms with E-state index in [1.165, 1.54) is 12.0 Å². The third-order valence-electron chi connectivity index (χ3n) is 4.44. The molecule has 1 N–H and O–H groups in total. The van der Waals surface area contributed by atoms with Crippen molar-refractivity contribution in [1.82, 2.24) is 10.4 Å². The van der Waals surface area contributed by atoms with Gasteiger partial charge in [-0.2, -0.15) is 31.4 Å². The highest BCUT2D eigenvalue weighted by atomic mass is 32.2. The first-order chi connectivity index (χ1) is 14.6. The van der Waals surface area contributed by atoms with Gasteiger partial charge in [-0.05, 0) is 41.5 Å². The lowest BCUT2D eigenvalue weighted by Crippen LogP contribution is -2.34. The molecule has 4 nitrogen and oxygen atoms in total. The number of hydrogen-bond acceptors (Lipinski definition) is 5. The Morgan fingerprint density at radius 2 is 1.39 bits per heavy atom. The van der Waals surface area contributed by atoms with Crippen molar-refractivity contribution < 1.29 is 35.4 Å². The summed E-state index contributed by atoms with van der Waals surface area (Å²) in [4.78, 5) is 0.864. The number of benzene rings is 2. The van der Waals surface area contributed by atoms with Crippen LogP contribution in [0.5, 0.6) is 0 Å². The quantitative estimate of drug-likeness (QED) is 0.443. The lowest BCUT2D eigenvalue weighted by atomic mass is 10.0. The molecular weight excluding hydrogens is 446 g/mol. The molecule has 1 aliphatic heterocycles. The highest BCUT2D eigenvalue weighted by Gasteiger charge is 2.36. The fraction of sp³-hybridized carbons (Fsp3) is 0.400. The second-order valence-corrected chi connectivity index (χ2v) is 7.65. The van der Waals surface area contributed by atoms with Crippen molar-refractivity contribution in [1.29, 1.82) is 0 Å². The monoisotopic (exact) mass is 466 g/mol. The van der Waals surface area contributed by atoms with Crippen LogP contribution in [0.25, 0.3) is 0 Å². The van der Waals surface area contributed by atoms with E-state index in [0.717, 1.165) is 22.6 Å². The summed E-state index contributed by atoms with van der Waals surface area (Å²) in [5, 5.41) is 4.68. The second kappa shape index (κ2) is 10.2. The normalized spacial score (nSPS) is 15.9. The summed E-state index contributed by atoms with van der Waals surface area (Å²) in [5.74, 6) is 0. The molecule has 1 heterocycles. The molecule has 0 bridgehead atoms. The van der Waals surface area contributed by atoms with E-state index in [2.05, 4.69) is 5.32 Å².